The van der Waals surface area contributed by atoms with Crippen molar-refractivity contribution in [2.75, 3.05) is 13.1 Å². The predicted molar refractivity (Wildman–Crippen MR) is 67.4 cm³/mol. The van der Waals surface area contributed by atoms with Crippen molar-refractivity contribution in [3.05, 3.63) is 35.4 Å². The van der Waals surface area contributed by atoms with Gasteiger partial charge >= 0.3 is 12.1 Å². The number of aliphatic carboxylic acids is 1. The van der Waals surface area contributed by atoms with Gasteiger partial charge in [-0.1, -0.05) is 24.3 Å². The van der Waals surface area contributed by atoms with Gasteiger partial charge in [0.2, 0.25) is 0 Å². The second-order valence-corrected chi connectivity index (χ2v) is 5.17. The van der Waals surface area contributed by atoms with E-state index in [0.717, 1.165) is 28.9 Å². The first kappa shape index (κ1) is 14.8. The number of halogens is 3. The molecule has 20 heavy (non-hydrogen) atoms. The van der Waals surface area contributed by atoms with Crippen molar-refractivity contribution in [1.82, 2.24) is 4.90 Å². The van der Waals surface area contributed by atoms with E-state index in [1.165, 1.54) is 0 Å². The summed E-state index contributed by atoms with van der Waals surface area (Å²) in [5.41, 5.74) is 1.85. The van der Waals surface area contributed by atoms with E-state index in [2.05, 4.69) is 0 Å². The quantitative estimate of drug-likeness (QED) is 0.874. The average molecular weight is 287 g/mol. The molecule has 1 aliphatic carbocycles. The summed E-state index contributed by atoms with van der Waals surface area (Å²) in [4.78, 5) is 11.6. The first-order valence-electron chi connectivity index (χ1n) is 6.43. The van der Waals surface area contributed by atoms with E-state index in [0.29, 0.717) is 5.92 Å². The topological polar surface area (TPSA) is 40.5 Å². The molecule has 0 spiro atoms. The third kappa shape index (κ3) is 4.85. The van der Waals surface area contributed by atoms with Gasteiger partial charge in [-0.2, -0.15) is 13.2 Å². The van der Waals surface area contributed by atoms with Crippen LogP contribution in [0.25, 0.3) is 0 Å². The van der Waals surface area contributed by atoms with E-state index in [-0.39, 0.29) is 6.54 Å². The van der Waals surface area contributed by atoms with Gasteiger partial charge < -0.3 is 5.11 Å². The van der Waals surface area contributed by atoms with Gasteiger partial charge in [-0.25, -0.2) is 0 Å². The van der Waals surface area contributed by atoms with Crippen LogP contribution in [0.4, 0.5) is 13.2 Å². The number of hydrogen-bond donors (Lipinski definition) is 1. The number of benzene rings is 1. The zero-order valence-corrected chi connectivity index (χ0v) is 10.9. The fraction of sp³-hybridized carbons (Fsp3) is 0.500. The largest absolute Gasteiger partial charge is 0.480 e. The summed E-state index contributed by atoms with van der Waals surface area (Å²) in [6.07, 6.45) is -2.17. The van der Waals surface area contributed by atoms with Crippen molar-refractivity contribution >= 4 is 5.97 Å². The maximum Gasteiger partial charge on any atom is 0.401 e. The molecular weight excluding hydrogens is 271 g/mol. The highest BCUT2D eigenvalue weighted by atomic mass is 19.4. The van der Waals surface area contributed by atoms with Crippen LogP contribution in [-0.4, -0.2) is 35.2 Å². The number of carboxylic acid groups (broad SMARTS) is 1. The first-order valence-corrected chi connectivity index (χ1v) is 6.43. The van der Waals surface area contributed by atoms with E-state index in [1.807, 2.05) is 18.2 Å². The highest BCUT2D eigenvalue weighted by molar-refractivity contribution is 5.69. The van der Waals surface area contributed by atoms with E-state index in [4.69, 9.17) is 5.11 Å². The van der Waals surface area contributed by atoms with Crippen LogP contribution in [0.2, 0.25) is 0 Å². The molecule has 0 radical (unpaired) electrons. The molecule has 2 rings (SSSR count). The van der Waals surface area contributed by atoms with Crippen molar-refractivity contribution in [2.45, 2.75) is 31.5 Å². The molecule has 6 heteroatoms. The summed E-state index contributed by atoms with van der Waals surface area (Å²) in [6, 6.07) is 7.39. The predicted octanol–water partition coefficient (Wildman–Crippen LogP) is 3.01. The average Bonchev–Trinajstić information content (AvgIpc) is 3.09. The van der Waals surface area contributed by atoms with Crippen molar-refractivity contribution < 1.29 is 23.1 Å². The lowest BCUT2D eigenvalue weighted by Crippen LogP contribution is -2.37. The molecule has 1 fully saturated rings. The molecule has 0 aromatic heterocycles. The molecule has 1 aromatic carbocycles. The minimum Gasteiger partial charge on any atom is -0.480 e. The Hall–Kier alpha value is -1.56. The molecule has 0 saturated heterocycles. The number of carbonyl (C=O) groups is 1. The molecule has 1 aliphatic rings. The Bertz CT molecular complexity index is 484. The van der Waals surface area contributed by atoms with Gasteiger partial charge in [-0.3, -0.25) is 9.69 Å². The van der Waals surface area contributed by atoms with Crippen molar-refractivity contribution in [3.63, 3.8) is 0 Å². The molecule has 0 amide bonds. The van der Waals surface area contributed by atoms with Gasteiger partial charge in [0.05, 0.1) is 13.1 Å². The van der Waals surface area contributed by atoms with E-state index >= 15 is 0 Å². The minimum atomic E-state index is -4.40. The van der Waals surface area contributed by atoms with Crippen LogP contribution in [0.5, 0.6) is 0 Å². The van der Waals surface area contributed by atoms with Crippen molar-refractivity contribution in [2.24, 2.45) is 0 Å². The second kappa shape index (κ2) is 5.83. The first-order chi connectivity index (χ1) is 9.33. The maximum absolute atomic E-state index is 12.4. The van der Waals surface area contributed by atoms with Crippen LogP contribution in [0.1, 0.15) is 29.9 Å². The standard InChI is InChI=1S/C14H16F3NO2/c15-14(16,17)9-18(8-13(19)20)7-10-2-1-3-12(6-10)11-4-5-11/h1-3,6,11H,4-5,7-9H2,(H,19,20). The molecule has 1 saturated carbocycles. The smallest absolute Gasteiger partial charge is 0.401 e. The third-order valence-corrected chi connectivity index (χ3v) is 3.17. The highest BCUT2D eigenvalue weighted by Gasteiger charge is 2.31. The second-order valence-electron chi connectivity index (χ2n) is 5.17. The molecule has 0 bridgehead atoms. The Morgan fingerprint density at radius 3 is 2.60 bits per heavy atom. The Labute approximate surface area is 115 Å². The van der Waals surface area contributed by atoms with Crippen molar-refractivity contribution in [1.29, 1.82) is 0 Å². The molecule has 110 valence electrons. The molecule has 3 nitrogen and oxygen atoms in total. The lowest BCUT2D eigenvalue weighted by atomic mass is 10.1. The SMILES string of the molecule is O=C(O)CN(Cc1cccc(C2CC2)c1)CC(F)(F)F. The fourth-order valence-corrected chi connectivity index (χ4v) is 2.23. The lowest BCUT2D eigenvalue weighted by molar-refractivity contribution is -0.154. The fourth-order valence-electron chi connectivity index (χ4n) is 2.23. The third-order valence-electron chi connectivity index (χ3n) is 3.17. The molecular formula is C14H16F3NO2. The van der Waals surface area contributed by atoms with Crippen LogP contribution in [0, 0.1) is 0 Å². The number of nitrogens with zero attached hydrogens (tertiary/aromatic N) is 1. The highest BCUT2D eigenvalue weighted by Crippen LogP contribution is 2.40. The Kier molecular flexibility index (Phi) is 4.32. The van der Waals surface area contributed by atoms with Crippen LogP contribution < -0.4 is 0 Å². The Morgan fingerprint density at radius 1 is 1.35 bits per heavy atom. The summed E-state index contributed by atoms with van der Waals surface area (Å²) >= 11 is 0. The molecule has 0 aliphatic heterocycles. The summed E-state index contributed by atoms with van der Waals surface area (Å²) < 4.78 is 37.3. The zero-order chi connectivity index (χ0) is 14.8. The maximum atomic E-state index is 12.4. The van der Waals surface area contributed by atoms with E-state index in [9.17, 15) is 18.0 Å². The summed E-state index contributed by atoms with van der Waals surface area (Å²) in [5, 5.41) is 8.70. The van der Waals surface area contributed by atoms with Crippen molar-refractivity contribution in [3.8, 4) is 0 Å². The monoisotopic (exact) mass is 287 g/mol. The number of carboxylic acids is 1. The lowest BCUT2D eigenvalue weighted by Gasteiger charge is -2.22. The zero-order valence-electron chi connectivity index (χ0n) is 10.9. The van der Waals surface area contributed by atoms with Crippen LogP contribution in [-0.2, 0) is 11.3 Å². The summed E-state index contributed by atoms with van der Waals surface area (Å²) in [6.45, 7) is -1.84. The van der Waals surface area contributed by atoms with Crippen LogP contribution >= 0.6 is 0 Å². The van der Waals surface area contributed by atoms with E-state index < -0.39 is 25.2 Å². The number of alkyl halides is 3. The number of hydrogen-bond acceptors (Lipinski definition) is 2. The van der Waals surface area contributed by atoms with Crippen LogP contribution in [0.15, 0.2) is 24.3 Å². The normalized spacial score (nSPS) is 15.6. The molecule has 0 unspecified atom stereocenters. The molecule has 0 heterocycles. The minimum absolute atomic E-state index is 0.00757. The van der Waals surface area contributed by atoms with E-state index in [1.54, 1.807) is 6.07 Å². The Balaban J connectivity index is 2.05. The summed E-state index contributed by atoms with van der Waals surface area (Å²) in [5.74, 6) is -0.738. The van der Waals surface area contributed by atoms with Gasteiger partial charge in [-0.05, 0) is 29.9 Å². The molecule has 1 N–H and O–H groups in total. The summed E-state index contributed by atoms with van der Waals surface area (Å²) in [7, 11) is 0. The van der Waals surface area contributed by atoms with Gasteiger partial charge in [0.25, 0.3) is 0 Å². The van der Waals surface area contributed by atoms with Crippen LogP contribution in [0.3, 0.4) is 0 Å². The Morgan fingerprint density at radius 2 is 2.05 bits per heavy atom. The van der Waals surface area contributed by atoms with Gasteiger partial charge in [0.15, 0.2) is 0 Å². The van der Waals surface area contributed by atoms with Gasteiger partial charge in [0, 0.05) is 6.54 Å². The number of rotatable bonds is 6. The van der Waals surface area contributed by atoms with Gasteiger partial charge in [0.1, 0.15) is 0 Å². The molecule has 1 aromatic rings. The molecule has 0 atom stereocenters. The van der Waals surface area contributed by atoms with Gasteiger partial charge in [-0.15, -0.1) is 0 Å².